The molecule has 6 heterocycles. The molecule has 0 aromatic heterocycles. The summed E-state index contributed by atoms with van der Waals surface area (Å²) in [5.41, 5.74) is 0.987. The lowest BCUT2D eigenvalue weighted by atomic mass is 9.91. The van der Waals surface area contributed by atoms with Gasteiger partial charge in [-0.3, -0.25) is 4.90 Å². The Morgan fingerprint density at radius 2 is 1.03 bits per heavy atom. The minimum absolute atomic E-state index is 0.466. The number of ether oxygens (including phenoxy) is 4. The lowest BCUT2D eigenvalue weighted by molar-refractivity contribution is 0.0163. The molecule has 372 valence electrons. The van der Waals surface area contributed by atoms with Crippen LogP contribution in [-0.4, -0.2) is 127 Å². The number of likely N-dealkylation sites (tertiary alicyclic amines) is 1. The fourth-order valence-corrected chi connectivity index (χ4v) is 8.95. The zero-order chi connectivity index (χ0) is 46.2. The van der Waals surface area contributed by atoms with E-state index in [1.165, 1.54) is 123 Å². The Morgan fingerprint density at radius 3 is 1.48 bits per heavy atom. The molecule has 0 aromatic rings. The van der Waals surface area contributed by atoms with E-state index < -0.39 is 0 Å². The highest BCUT2D eigenvalue weighted by molar-refractivity contribution is 4.75. The van der Waals surface area contributed by atoms with Crippen LogP contribution in [0.1, 0.15) is 187 Å². The first-order chi connectivity index (χ1) is 29.3. The maximum Gasteiger partial charge on any atom is 0.0702 e. The molecule has 0 aromatic carbocycles. The highest BCUT2D eigenvalue weighted by Crippen LogP contribution is 2.23. The van der Waals surface area contributed by atoms with Gasteiger partial charge in [-0.2, -0.15) is 0 Å². The first-order valence-corrected chi connectivity index (χ1v) is 26.5. The van der Waals surface area contributed by atoms with Crippen molar-refractivity contribution in [1.29, 1.82) is 0 Å². The van der Waals surface area contributed by atoms with E-state index in [2.05, 4.69) is 117 Å². The van der Waals surface area contributed by atoms with Crippen LogP contribution in [0.5, 0.6) is 0 Å². The second-order valence-electron chi connectivity index (χ2n) is 23.8. The van der Waals surface area contributed by atoms with Crippen molar-refractivity contribution in [3.05, 3.63) is 0 Å². The standard InChI is InChI=1S/C10H21NO.C10H21N.2C9H18O.C8H17NO.C8H17N/c1-10(2,3)4-5-11-6-8-12-9-7-11;1-10(2,3)6-9-11-7-4-5-8-11;1-8(2)7-9-3-5-10-6-4-9;1-8(2)6-9-4-3-5-10-7-9;1-7(2)5-8-6-9-3-4-10-8;1-7(2)6-8-4-3-5-9-8/h4-9H2,1-3H3;4-9H2,1-3H3;2*8-9H,3-7H2,1-2H3;7-9H,3-6H2,1-2H3;7-9H,3-6H2,1-2H3. The Balaban J connectivity index is 0.000000373. The van der Waals surface area contributed by atoms with E-state index in [0.717, 1.165) is 114 Å². The third kappa shape index (κ3) is 37.9. The molecule has 0 bridgehead atoms. The molecule has 6 rings (SSSR count). The normalized spacial score (nSPS) is 24.2. The van der Waals surface area contributed by atoms with Gasteiger partial charge in [-0.15, -0.1) is 0 Å². The van der Waals surface area contributed by atoms with E-state index in [0.29, 0.717) is 16.9 Å². The Labute approximate surface area is 388 Å². The van der Waals surface area contributed by atoms with E-state index in [1.54, 1.807) is 0 Å². The van der Waals surface area contributed by atoms with Crippen molar-refractivity contribution in [2.24, 2.45) is 46.3 Å². The number of hydrogen-bond donors (Lipinski definition) is 2. The average molecular weight is 882 g/mol. The molecular formula is C54H112N4O4. The highest BCUT2D eigenvalue weighted by atomic mass is 16.5. The van der Waals surface area contributed by atoms with E-state index in [1.807, 2.05) is 0 Å². The summed E-state index contributed by atoms with van der Waals surface area (Å²) in [6, 6.07) is 0.838. The number of rotatable bonds is 12. The Hall–Kier alpha value is -0.320. The first-order valence-electron chi connectivity index (χ1n) is 26.5. The van der Waals surface area contributed by atoms with Crippen molar-refractivity contribution in [1.82, 2.24) is 20.4 Å². The van der Waals surface area contributed by atoms with Crippen LogP contribution in [0.3, 0.4) is 0 Å². The summed E-state index contributed by atoms with van der Waals surface area (Å²) in [6.45, 7) is 49.6. The summed E-state index contributed by atoms with van der Waals surface area (Å²) >= 11 is 0. The Kier molecular flexibility index (Phi) is 34.5. The van der Waals surface area contributed by atoms with E-state index >= 15 is 0 Å². The summed E-state index contributed by atoms with van der Waals surface area (Å²) < 4.78 is 21.5. The van der Waals surface area contributed by atoms with Crippen LogP contribution in [0.4, 0.5) is 0 Å². The second-order valence-corrected chi connectivity index (χ2v) is 23.8. The SMILES string of the molecule is CC(C)(C)CCN1CCCC1.CC(C)(C)CCN1CCOCC1.CC(C)CC1CCCN1.CC(C)CC1CCCOC1.CC(C)CC1CCOCC1.CC(C)CC1CNCCO1. The van der Waals surface area contributed by atoms with Crippen molar-refractivity contribution in [3.8, 4) is 0 Å². The van der Waals surface area contributed by atoms with E-state index in [4.69, 9.17) is 18.9 Å². The third-order valence-corrected chi connectivity index (χ3v) is 12.5. The number of nitrogens with zero attached hydrogens (tertiary/aromatic N) is 2. The predicted octanol–water partition coefficient (Wildman–Crippen LogP) is 12.0. The topological polar surface area (TPSA) is 67.5 Å². The largest absolute Gasteiger partial charge is 0.381 e. The molecule has 6 aliphatic heterocycles. The number of morpholine rings is 2. The van der Waals surface area contributed by atoms with Gasteiger partial charge in [-0.05, 0) is 169 Å². The zero-order valence-electron chi connectivity index (χ0n) is 44.4. The smallest absolute Gasteiger partial charge is 0.0702 e. The van der Waals surface area contributed by atoms with Gasteiger partial charge in [-0.25, -0.2) is 0 Å². The van der Waals surface area contributed by atoms with Crippen LogP contribution in [0.25, 0.3) is 0 Å². The second kappa shape index (κ2) is 35.8. The average Bonchev–Trinajstić information content (AvgIpc) is 3.93. The zero-order valence-corrected chi connectivity index (χ0v) is 44.4. The van der Waals surface area contributed by atoms with Gasteiger partial charge in [0.05, 0.1) is 25.9 Å². The van der Waals surface area contributed by atoms with Gasteiger partial charge >= 0.3 is 0 Å². The highest BCUT2D eigenvalue weighted by Gasteiger charge is 2.19. The van der Waals surface area contributed by atoms with Crippen LogP contribution in [0.2, 0.25) is 0 Å². The van der Waals surface area contributed by atoms with Crippen LogP contribution < -0.4 is 10.6 Å². The maximum absolute atomic E-state index is 5.53. The maximum atomic E-state index is 5.53. The molecule has 0 aliphatic carbocycles. The molecular weight excluding hydrogens is 769 g/mol. The van der Waals surface area contributed by atoms with Crippen LogP contribution in [0, 0.1) is 46.3 Å². The van der Waals surface area contributed by atoms with Gasteiger partial charge in [0, 0.05) is 58.6 Å². The molecule has 62 heavy (non-hydrogen) atoms. The quantitative estimate of drug-likeness (QED) is 0.201. The van der Waals surface area contributed by atoms with Crippen molar-refractivity contribution >= 4 is 0 Å². The van der Waals surface area contributed by atoms with E-state index in [9.17, 15) is 0 Å². The molecule has 0 saturated carbocycles. The molecule has 0 radical (unpaired) electrons. The summed E-state index contributed by atoms with van der Waals surface area (Å²) in [7, 11) is 0. The number of hydrogen-bond acceptors (Lipinski definition) is 8. The summed E-state index contributed by atoms with van der Waals surface area (Å²) in [4.78, 5) is 5.08. The molecule has 6 fully saturated rings. The van der Waals surface area contributed by atoms with Crippen molar-refractivity contribution in [2.75, 3.05) is 105 Å². The fraction of sp³-hybridized carbons (Fsp3) is 1.00. The molecule has 0 amide bonds. The first kappa shape index (κ1) is 59.7. The van der Waals surface area contributed by atoms with Crippen molar-refractivity contribution in [3.63, 3.8) is 0 Å². The van der Waals surface area contributed by atoms with E-state index in [-0.39, 0.29) is 0 Å². The summed E-state index contributed by atoms with van der Waals surface area (Å²) in [6.07, 6.45) is 19.3. The lowest BCUT2D eigenvalue weighted by Gasteiger charge is -2.29. The minimum atomic E-state index is 0.466. The van der Waals surface area contributed by atoms with Gasteiger partial charge < -0.3 is 34.5 Å². The van der Waals surface area contributed by atoms with Gasteiger partial charge in [0.15, 0.2) is 0 Å². The third-order valence-electron chi connectivity index (χ3n) is 12.5. The number of nitrogens with one attached hydrogen (secondary N) is 2. The minimum Gasteiger partial charge on any atom is -0.381 e. The molecule has 2 N–H and O–H groups in total. The Morgan fingerprint density at radius 1 is 0.500 bits per heavy atom. The van der Waals surface area contributed by atoms with Crippen LogP contribution >= 0.6 is 0 Å². The van der Waals surface area contributed by atoms with Gasteiger partial charge in [0.1, 0.15) is 0 Å². The van der Waals surface area contributed by atoms with Crippen molar-refractivity contribution in [2.45, 2.75) is 199 Å². The predicted molar refractivity (Wildman–Crippen MR) is 270 cm³/mol. The monoisotopic (exact) mass is 881 g/mol. The van der Waals surface area contributed by atoms with Crippen LogP contribution in [-0.2, 0) is 18.9 Å². The van der Waals surface area contributed by atoms with Gasteiger partial charge in [0.25, 0.3) is 0 Å². The van der Waals surface area contributed by atoms with Crippen LogP contribution in [0.15, 0.2) is 0 Å². The fourth-order valence-electron chi connectivity index (χ4n) is 8.95. The Bertz CT molecular complexity index is 903. The molecule has 8 nitrogen and oxygen atoms in total. The molecule has 3 atom stereocenters. The molecule has 8 heteroatoms. The summed E-state index contributed by atoms with van der Waals surface area (Å²) in [5.74, 6) is 5.13. The lowest BCUT2D eigenvalue weighted by Crippen LogP contribution is -2.39. The summed E-state index contributed by atoms with van der Waals surface area (Å²) in [5, 5.41) is 6.80. The molecule has 6 saturated heterocycles. The van der Waals surface area contributed by atoms with Gasteiger partial charge in [0.2, 0.25) is 0 Å². The molecule has 0 spiro atoms. The van der Waals surface area contributed by atoms with Crippen molar-refractivity contribution < 1.29 is 18.9 Å². The van der Waals surface area contributed by atoms with Gasteiger partial charge in [-0.1, -0.05) is 96.9 Å². The molecule has 6 aliphatic rings. The molecule has 3 unspecified atom stereocenters.